The normalized spacial score (nSPS) is 22.1. The summed E-state index contributed by atoms with van der Waals surface area (Å²) in [5.74, 6) is 0.0456. The molecule has 0 spiro atoms. The lowest BCUT2D eigenvalue weighted by molar-refractivity contribution is -0.142. The van der Waals surface area contributed by atoms with Gasteiger partial charge in [0, 0.05) is 6.42 Å². The smallest absolute Gasteiger partial charge is 0.326 e. The molecule has 2 saturated carbocycles. The molecule has 0 aliphatic heterocycles. The number of carboxylic acid groups (broad SMARTS) is 1. The second-order valence-corrected chi connectivity index (χ2v) is 4.78. The van der Waals surface area contributed by atoms with Gasteiger partial charge in [0.25, 0.3) is 0 Å². The topological polar surface area (TPSA) is 66.4 Å². The van der Waals surface area contributed by atoms with Crippen LogP contribution in [0.5, 0.6) is 0 Å². The van der Waals surface area contributed by atoms with Gasteiger partial charge in [0.15, 0.2) is 0 Å². The maximum atomic E-state index is 11.4. The first-order valence-corrected chi connectivity index (χ1v) is 5.67. The van der Waals surface area contributed by atoms with Crippen LogP contribution >= 0.6 is 0 Å². The van der Waals surface area contributed by atoms with Crippen LogP contribution in [0, 0.1) is 11.8 Å². The summed E-state index contributed by atoms with van der Waals surface area (Å²) in [5.41, 5.74) is 0. The minimum atomic E-state index is -0.897. The average Bonchev–Trinajstić information content (AvgIpc) is 2.96. The van der Waals surface area contributed by atoms with Crippen molar-refractivity contribution in [3.8, 4) is 0 Å². The van der Waals surface area contributed by atoms with Crippen molar-refractivity contribution in [1.29, 1.82) is 0 Å². The lowest BCUT2D eigenvalue weighted by atomic mass is 10.1. The van der Waals surface area contributed by atoms with Gasteiger partial charge in [-0.15, -0.1) is 0 Å². The van der Waals surface area contributed by atoms with Gasteiger partial charge in [-0.3, -0.25) is 4.79 Å². The molecule has 84 valence electrons. The zero-order valence-corrected chi connectivity index (χ0v) is 8.74. The zero-order valence-electron chi connectivity index (χ0n) is 8.74. The predicted octanol–water partition coefficient (Wildman–Crippen LogP) is 1.16. The van der Waals surface area contributed by atoms with Crippen molar-refractivity contribution in [3.63, 3.8) is 0 Å². The molecule has 2 aliphatic carbocycles. The van der Waals surface area contributed by atoms with Crippen molar-refractivity contribution in [2.45, 2.75) is 44.6 Å². The molecule has 0 heterocycles. The van der Waals surface area contributed by atoms with E-state index in [9.17, 15) is 9.59 Å². The first-order valence-electron chi connectivity index (χ1n) is 5.67. The van der Waals surface area contributed by atoms with Gasteiger partial charge < -0.3 is 10.4 Å². The summed E-state index contributed by atoms with van der Waals surface area (Å²) in [6, 6.07) is -0.663. The van der Waals surface area contributed by atoms with Crippen LogP contribution in [-0.4, -0.2) is 23.0 Å². The molecule has 2 rings (SSSR count). The second-order valence-electron chi connectivity index (χ2n) is 4.78. The molecule has 2 N–H and O–H groups in total. The Kier molecular flexibility index (Phi) is 2.93. The lowest BCUT2D eigenvalue weighted by Crippen LogP contribution is -2.41. The highest BCUT2D eigenvalue weighted by Gasteiger charge is 2.31. The maximum Gasteiger partial charge on any atom is 0.326 e. The fourth-order valence-corrected chi connectivity index (χ4v) is 1.75. The molecule has 2 aliphatic rings. The first-order chi connectivity index (χ1) is 7.15. The van der Waals surface area contributed by atoms with Crippen molar-refractivity contribution in [2.24, 2.45) is 11.8 Å². The number of nitrogens with one attached hydrogen (secondary N) is 1. The minimum Gasteiger partial charge on any atom is -0.480 e. The standard InChI is InChI=1S/C11H17NO3/c13-10(6-8-3-4-8)12-9(11(14)15)5-7-1-2-7/h7-9H,1-6H2,(H,12,13)(H,14,15)/t9-/m0/s1. The zero-order chi connectivity index (χ0) is 10.8. The fourth-order valence-electron chi connectivity index (χ4n) is 1.75. The number of carbonyl (C=O) groups is 2. The van der Waals surface area contributed by atoms with Crippen LogP contribution < -0.4 is 5.32 Å². The third-order valence-corrected chi connectivity index (χ3v) is 3.07. The van der Waals surface area contributed by atoms with Gasteiger partial charge in [-0.2, -0.15) is 0 Å². The van der Waals surface area contributed by atoms with Gasteiger partial charge in [-0.05, 0) is 31.1 Å². The van der Waals surface area contributed by atoms with Crippen molar-refractivity contribution in [1.82, 2.24) is 5.32 Å². The molecule has 0 radical (unpaired) electrons. The average molecular weight is 211 g/mol. The molecule has 15 heavy (non-hydrogen) atoms. The fraction of sp³-hybridized carbons (Fsp3) is 0.818. The van der Waals surface area contributed by atoms with Gasteiger partial charge in [0.05, 0.1) is 0 Å². The number of rotatable bonds is 6. The minimum absolute atomic E-state index is 0.0921. The maximum absolute atomic E-state index is 11.4. The van der Waals surface area contributed by atoms with Crippen molar-refractivity contribution in [3.05, 3.63) is 0 Å². The van der Waals surface area contributed by atoms with Crippen LogP contribution in [0.4, 0.5) is 0 Å². The van der Waals surface area contributed by atoms with E-state index in [2.05, 4.69) is 5.32 Å². The number of amides is 1. The van der Waals surface area contributed by atoms with E-state index >= 15 is 0 Å². The highest BCUT2D eigenvalue weighted by Crippen LogP contribution is 2.34. The van der Waals surface area contributed by atoms with Crippen molar-refractivity contribution in [2.75, 3.05) is 0 Å². The van der Waals surface area contributed by atoms with Gasteiger partial charge in [-0.1, -0.05) is 12.8 Å². The monoisotopic (exact) mass is 211 g/mol. The Morgan fingerprint density at radius 2 is 1.80 bits per heavy atom. The van der Waals surface area contributed by atoms with Gasteiger partial charge >= 0.3 is 5.97 Å². The molecule has 0 aromatic carbocycles. The van der Waals surface area contributed by atoms with E-state index in [0.717, 1.165) is 25.7 Å². The summed E-state index contributed by atoms with van der Waals surface area (Å²) in [4.78, 5) is 22.3. The van der Waals surface area contributed by atoms with E-state index in [-0.39, 0.29) is 5.91 Å². The molecule has 4 heteroatoms. The summed E-state index contributed by atoms with van der Waals surface area (Å²) >= 11 is 0. The largest absolute Gasteiger partial charge is 0.480 e. The first kappa shape index (κ1) is 10.5. The molecular formula is C11H17NO3. The van der Waals surface area contributed by atoms with E-state index in [1.165, 1.54) is 0 Å². The van der Waals surface area contributed by atoms with Crippen molar-refractivity contribution < 1.29 is 14.7 Å². The Labute approximate surface area is 89.0 Å². The number of hydrogen-bond donors (Lipinski definition) is 2. The summed E-state index contributed by atoms with van der Waals surface area (Å²) in [5, 5.41) is 11.6. The van der Waals surface area contributed by atoms with Crippen molar-refractivity contribution >= 4 is 11.9 Å². The number of carboxylic acids is 1. The summed E-state index contributed by atoms with van der Waals surface area (Å²) < 4.78 is 0. The van der Waals surface area contributed by atoms with Crippen LogP contribution in [0.25, 0.3) is 0 Å². The highest BCUT2D eigenvalue weighted by molar-refractivity contribution is 5.83. The van der Waals surface area contributed by atoms with E-state index in [1.807, 2.05) is 0 Å². The number of hydrogen-bond acceptors (Lipinski definition) is 2. The van der Waals surface area contributed by atoms with Crippen LogP contribution in [-0.2, 0) is 9.59 Å². The Balaban J connectivity index is 1.75. The number of aliphatic carboxylic acids is 1. The van der Waals surface area contributed by atoms with E-state index < -0.39 is 12.0 Å². The predicted molar refractivity (Wildman–Crippen MR) is 54.2 cm³/mol. The Hall–Kier alpha value is -1.06. The van der Waals surface area contributed by atoms with Crippen LogP contribution in [0.2, 0.25) is 0 Å². The van der Waals surface area contributed by atoms with E-state index in [4.69, 9.17) is 5.11 Å². The van der Waals surface area contributed by atoms with E-state index in [1.54, 1.807) is 0 Å². The molecule has 1 atom stereocenters. The quantitative estimate of drug-likeness (QED) is 0.692. The second kappa shape index (κ2) is 4.21. The SMILES string of the molecule is O=C(CC1CC1)N[C@@H](CC1CC1)C(=O)O. The molecule has 0 aromatic rings. The summed E-state index contributed by atoms with van der Waals surface area (Å²) in [6.07, 6.45) is 5.58. The Morgan fingerprint density at radius 3 is 2.27 bits per heavy atom. The molecule has 0 bridgehead atoms. The van der Waals surface area contributed by atoms with E-state index in [0.29, 0.717) is 24.7 Å². The molecule has 4 nitrogen and oxygen atoms in total. The van der Waals surface area contributed by atoms with Gasteiger partial charge in [0.2, 0.25) is 5.91 Å². The third-order valence-electron chi connectivity index (χ3n) is 3.07. The lowest BCUT2D eigenvalue weighted by Gasteiger charge is -2.13. The van der Waals surface area contributed by atoms with Gasteiger partial charge in [0.1, 0.15) is 6.04 Å². The summed E-state index contributed by atoms with van der Waals surface area (Å²) in [7, 11) is 0. The van der Waals surface area contributed by atoms with Crippen LogP contribution in [0.1, 0.15) is 38.5 Å². The molecule has 1 amide bonds. The third kappa shape index (κ3) is 3.53. The molecule has 0 unspecified atom stereocenters. The molecule has 2 fully saturated rings. The summed E-state index contributed by atoms with van der Waals surface area (Å²) in [6.45, 7) is 0. The molecule has 0 saturated heterocycles. The molecular weight excluding hydrogens is 194 g/mol. The van der Waals surface area contributed by atoms with Crippen LogP contribution in [0.15, 0.2) is 0 Å². The number of carbonyl (C=O) groups excluding carboxylic acids is 1. The molecule has 0 aromatic heterocycles. The Morgan fingerprint density at radius 1 is 1.20 bits per heavy atom. The van der Waals surface area contributed by atoms with Gasteiger partial charge in [-0.25, -0.2) is 4.79 Å². The van der Waals surface area contributed by atoms with Crippen LogP contribution in [0.3, 0.4) is 0 Å². The Bertz CT molecular complexity index is 269. The highest BCUT2D eigenvalue weighted by atomic mass is 16.4.